The van der Waals surface area contributed by atoms with Crippen molar-refractivity contribution in [3.05, 3.63) is 44.3 Å². The molecular formula is C12H13BrN2S. The summed E-state index contributed by atoms with van der Waals surface area (Å²) >= 11 is 5.23. The summed E-state index contributed by atoms with van der Waals surface area (Å²) in [6, 6.07) is 6.30. The number of halogens is 1. The average Bonchev–Trinajstić information content (AvgIpc) is 2.66. The predicted molar refractivity (Wildman–Crippen MR) is 73.1 cm³/mol. The van der Waals surface area contributed by atoms with Crippen LogP contribution < -0.4 is 5.32 Å². The fourth-order valence-corrected chi connectivity index (χ4v) is 2.55. The number of anilines is 1. The molecule has 0 fully saturated rings. The van der Waals surface area contributed by atoms with Crippen LogP contribution in [0.15, 0.2) is 28.2 Å². The maximum atomic E-state index is 4.24. The molecule has 1 aromatic carbocycles. The van der Waals surface area contributed by atoms with Gasteiger partial charge in [-0.25, -0.2) is 4.98 Å². The van der Waals surface area contributed by atoms with E-state index in [1.54, 1.807) is 11.3 Å². The number of hydrogen-bond acceptors (Lipinski definition) is 3. The topological polar surface area (TPSA) is 24.9 Å². The van der Waals surface area contributed by atoms with Gasteiger partial charge in [-0.15, -0.1) is 11.3 Å². The van der Waals surface area contributed by atoms with E-state index in [2.05, 4.69) is 51.4 Å². The second-order valence-corrected chi connectivity index (χ2v) is 5.49. The first-order valence-corrected chi connectivity index (χ1v) is 6.73. The number of aromatic nitrogens is 1. The summed E-state index contributed by atoms with van der Waals surface area (Å²) in [5, 5.41) is 3.42. The van der Waals surface area contributed by atoms with E-state index in [1.165, 1.54) is 10.4 Å². The molecule has 0 amide bonds. The van der Waals surface area contributed by atoms with Crippen molar-refractivity contribution >= 4 is 33.0 Å². The Balaban J connectivity index is 2.10. The molecule has 1 aromatic heterocycles. The SMILES string of the molecule is Cc1ccc(Br)c(NCc2scnc2C)c1. The molecule has 1 heterocycles. The lowest BCUT2D eigenvalue weighted by Gasteiger charge is -2.08. The van der Waals surface area contributed by atoms with Crippen molar-refractivity contribution < 1.29 is 0 Å². The van der Waals surface area contributed by atoms with Crippen molar-refractivity contribution in [1.29, 1.82) is 0 Å². The zero-order valence-corrected chi connectivity index (χ0v) is 11.7. The number of rotatable bonds is 3. The van der Waals surface area contributed by atoms with Crippen LogP contribution >= 0.6 is 27.3 Å². The monoisotopic (exact) mass is 296 g/mol. The van der Waals surface area contributed by atoms with Crippen molar-refractivity contribution in [1.82, 2.24) is 4.98 Å². The molecule has 0 saturated carbocycles. The highest BCUT2D eigenvalue weighted by Gasteiger charge is 2.03. The molecule has 2 nitrogen and oxygen atoms in total. The zero-order chi connectivity index (χ0) is 11.5. The molecule has 0 radical (unpaired) electrons. The first kappa shape index (κ1) is 11.6. The molecule has 4 heteroatoms. The number of hydrogen-bond donors (Lipinski definition) is 1. The summed E-state index contributed by atoms with van der Waals surface area (Å²) in [6.07, 6.45) is 0. The van der Waals surface area contributed by atoms with Crippen molar-refractivity contribution in [2.45, 2.75) is 20.4 Å². The van der Waals surface area contributed by atoms with Gasteiger partial charge in [0.15, 0.2) is 0 Å². The molecular weight excluding hydrogens is 284 g/mol. The third-order valence-electron chi connectivity index (χ3n) is 2.41. The maximum absolute atomic E-state index is 4.24. The summed E-state index contributed by atoms with van der Waals surface area (Å²) in [5.74, 6) is 0. The fourth-order valence-electron chi connectivity index (χ4n) is 1.45. The summed E-state index contributed by atoms with van der Waals surface area (Å²) < 4.78 is 1.10. The molecule has 0 spiro atoms. The van der Waals surface area contributed by atoms with Crippen LogP contribution in [0, 0.1) is 13.8 Å². The van der Waals surface area contributed by atoms with Crippen LogP contribution in [0.2, 0.25) is 0 Å². The maximum Gasteiger partial charge on any atom is 0.0798 e. The number of nitrogens with zero attached hydrogens (tertiary/aromatic N) is 1. The molecule has 0 unspecified atom stereocenters. The average molecular weight is 297 g/mol. The second kappa shape index (κ2) is 4.97. The van der Waals surface area contributed by atoms with E-state index in [-0.39, 0.29) is 0 Å². The van der Waals surface area contributed by atoms with E-state index in [9.17, 15) is 0 Å². The minimum Gasteiger partial charge on any atom is -0.379 e. The van der Waals surface area contributed by atoms with Crippen molar-refractivity contribution in [3.63, 3.8) is 0 Å². The van der Waals surface area contributed by atoms with E-state index < -0.39 is 0 Å². The number of thiazole rings is 1. The minimum absolute atomic E-state index is 0.832. The summed E-state index contributed by atoms with van der Waals surface area (Å²) in [7, 11) is 0. The third-order valence-corrected chi connectivity index (χ3v) is 4.03. The summed E-state index contributed by atoms with van der Waals surface area (Å²) in [5.41, 5.74) is 5.39. The highest BCUT2D eigenvalue weighted by atomic mass is 79.9. The molecule has 84 valence electrons. The Hall–Kier alpha value is -0.870. The summed E-state index contributed by atoms with van der Waals surface area (Å²) in [6.45, 7) is 4.97. The number of nitrogens with one attached hydrogen (secondary N) is 1. The largest absolute Gasteiger partial charge is 0.379 e. The second-order valence-electron chi connectivity index (χ2n) is 3.70. The van der Waals surface area contributed by atoms with Crippen molar-refractivity contribution in [2.75, 3.05) is 5.32 Å². The Bertz CT molecular complexity index is 494. The molecule has 0 bridgehead atoms. The molecule has 0 aliphatic heterocycles. The van der Waals surface area contributed by atoms with Gasteiger partial charge in [-0.2, -0.15) is 0 Å². The molecule has 0 saturated heterocycles. The normalized spacial score (nSPS) is 10.4. The van der Waals surface area contributed by atoms with Gasteiger partial charge >= 0.3 is 0 Å². The van der Waals surface area contributed by atoms with Gasteiger partial charge in [0.25, 0.3) is 0 Å². The van der Waals surface area contributed by atoms with E-state index in [0.717, 1.165) is 22.4 Å². The van der Waals surface area contributed by atoms with Gasteiger partial charge in [-0.1, -0.05) is 6.07 Å². The fraction of sp³-hybridized carbons (Fsp3) is 0.250. The van der Waals surface area contributed by atoms with Crippen LogP contribution in [-0.2, 0) is 6.54 Å². The highest BCUT2D eigenvalue weighted by Crippen LogP contribution is 2.24. The standard InChI is InChI=1S/C12H13BrN2S/c1-8-3-4-10(13)11(5-8)14-6-12-9(2)15-7-16-12/h3-5,7,14H,6H2,1-2H3. The van der Waals surface area contributed by atoms with E-state index in [4.69, 9.17) is 0 Å². The van der Waals surface area contributed by atoms with Crippen LogP contribution in [0.4, 0.5) is 5.69 Å². The Labute approximate surface area is 108 Å². The van der Waals surface area contributed by atoms with Gasteiger partial charge in [-0.05, 0) is 47.5 Å². The van der Waals surface area contributed by atoms with Crippen LogP contribution in [0.3, 0.4) is 0 Å². The van der Waals surface area contributed by atoms with Gasteiger partial charge in [0.1, 0.15) is 0 Å². The number of benzene rings is 1. The molecule has 2 aromatic rings. The molecule has 2 rings (SSSR count). The Morgan fingerprint density at radius 1 is 1.38 bits per heavy atom. The first-order valence-electron chi connectivity index (χ1n) is 5.06. The first-order chi connectivity index (χ1) is 7.66. The van der Waals surface area contributed by atoms with E-state index in [0.29, 0.717) is 0 Å². The van der Waals surface area contributed by atoms with E-state index in [1.807, 2.05) is 12.4 Å². The third kappa shape index (κ3) is 2.62. The molecule has 0 aliphatic carbocycles. The van der Waals surface area contributed by atoms with Gasteiger partial charge in [0.05, 0.1) is 17.7 Å². The minimum atomic E-state index is 0.832. The quantitative estimate of drug-likeness (QED) is 0.921. The van der Waals surface area contributed by atoms with Gasteiger partial charge in [0, 0.05) is 15.0 Å². The molecule has 16 heavy (non-hydrogen) atoms. The Morgan fingerprint density at radius 3 is 2.88 bits per heavy atom. The van der Waals surface area contributed by atoms with Crippen molar-refractivity contribution in [2.24, 2.45) is 0 Å². The van der Waals surface area contributed by atoms with Crippen LogP contribution in [0.1, 0.15) is 16.1 Å². The Morgan fingerprint density at radius 2 is 2.19 bits per heavy atom. The molecule has 0 aliphatic rings. The number of aryl methyl sites for hydroxylation is 2. The molecule has 1 N–H and O–H groups in total. The van der Waals surface area contributed by atoms with Gasteiger partial charge < -0.3 is 5.32 Å². The molecule has 0 atom stereocenters. The lowest BCUT2D eigenvalue weighted by atomic mass is 10.2. The van der Waals surface area contributed by atoms with Crippen molar-refractivity contribution in [3.8, 4) is 0 Å². The predicted octanol–water partition coefficient (Wildman–Crippen LogP) is 4.13. The van der Waals surface area contributed by atoms with Crippen LogP contribution in [0.5, 0.6) is 0 Å². The zero-order valence-electron chi connectivity index (χ0n) is 9.25. The summed E-state index contributed by atoms with van der Waals surface area (Å²) in [4.78, 5) is 5.52. The van der Waals surface area contributed by atoms with Crippen LogP contribution in [-0.4, -0.2) is 4.98 Å². The smallest absolute Gasteiger partial charge is 0.0798 e. The van der Waals surface area contributed by atoms with E-state index >= 15 is 0 Å². The Kier molecular flexibility index (Phi) is 3.61. The lowest BCUT2D eigenvalue weighted by Crippen LogP contribution is -2.00. The highest BCUT2D eigenvalue weighted by molar-refractivity contribution is 9.10. The van der Waals surface area contributed by atoms with Gasteiger partial charge in [0.2, 0.25) is 0 Å². The lowest BCUT2D eigenvalue weighted by molar-refractivity contribution is 1.12. The van der Waals surface area contributed by atoms with Crippen LogP contribution in [0.25, 0.3) is 0 Å². The van der Waals surface area contributed by atoms with Gasteiger partial charge in [-0.3, -0.25) is 0 Å².